The third kappa shape index (κ3) is 4.02. The number of H-pyrrole nitrogens is 2. The van der Waals surface area contributed by atoms with Crippen LogP contribution in [0.15, 0.2) is 17.4 Å². The first kappa shape index (κ1) is 16.7. The summed E-state index contributed by atoms with van der Waals surface area (Å²) in [6.07, 6.45) is 5.78. The van der Waals surface area contributed by atoms with E-state index in [0.717, 1.165) is 36.5 Å². The molecular formula is C15H20N6O2S. The summed E-state index contributed by atoms with van der Waals surface area (Å²) in [7, 11) is 0. The number of aromatic nitrogens is 5. The molecule has 2 aromatic heterocycles. The van der Waals surface area contributed by atoms with Crippen LogP contribution in [0.5, 0.6) is 0 Å². The van der Waals surface area contributed by atoms with Crippen molar-refractivity contribution in [3.8, 4) is 11.5 Å². The predicted molar refractivity (Wildman–Crippen MR) is 92.1 cm³/mol. The number of ether oxygens (including phenoxy) is 1. The Labute approximate surface area is 143 Å². The summed E-state index contributed by atoms with van der Waals surface area (Å²) in [5.74, 6) is 1.29. The minimum Gasteiger partial charge on any atom is -0.465 e. The summed E-state index contributed by atoms with van der Waals surface area (Å²) in [5.41, 5.74) is 2.38. The molecule has 1 aliphatic rings. The van der Waals surface area contributed by atoms with E-state index < -0.39 is 0 Å². The van der Waals surface area contributed by atoms with Gasteiger partial charge in [-0.3, -0.25) is 9.79 Å². The van der Waals surface area contributed by atoms with Crippen molar-refractivity contribution in [2.45, 2.75) is 31.4 Å². The Hall–Kier alpha value is -2.16. The van der Waals surface area contributed by atoms with Gasteiger partial charge in [0.2, 0.25) is 0 Å². The van der Waals surface area contributed by atoms with Gasteiger partial charge >= 0.3 is 5.97 Å². The van der Waals surface area contributed by atoms with Crippen LogP contribution in [0.4, 0.5) is 0 Å². The standard InChI is InChI=1S/C15H20N6O2S/c1-2-3-5-23-15(22)13-11(16-4-6-24-13)7-10-8-17-14(19-10)12-9-18-21-20-12/h8-9,13H,2-7H2,1H3,(H,17,19)(H,18,20,21). The summed E-state index contributed by atoms with van der Waals surface area (Å²) in [6.45, 7) is 3.27. The van der Waals surface area contributed by atoms with Gasteiger partial charge in [0.05, 0.1) is 12.8 Å². The molecule has 0 aliphatic carbocycles. The number of carbonyl (C=O) groups is 1. The van der Waals surface area contributed by atoms with Crippen molar-refractivity contribution in [3.05, 3.63) is 18.1 Å². The minimum absolute atomic E-state index is 0.192. The molecule has 0 bridgehead atoms. The average Bonchev–Trinajstić information content (AvgIpc) is 3.26. The largest absolute Gasteiger partial charge is 0.465 e. The van der Waals surface area contributed by atoms with Gasteiger partial charge in [-0.25, -0.2) is 4.98 Å². The van der Waals surface area contributed by atoms with E-state index in [9.17, 15) is 4.79 Å². The topological polar surface area (TPSA) is 109 Å². The molecule has 0 saturated carbocycles. The maximum atomic E-state index is 12.3. The first-order valence-electron chi connectivity index (χ1n) is 7.99. The molecule has 128 valence electrons. The summed E-state index contributed by atoms with van der Waals surface area (Å²) < 4.78 is 5.37. The fourth-order valence-corrected chi connectivity index (χ4v) is 3.36. The van der Waals surface area contributed by atoms with Crippen LogP contribution in [0.1, 0.15) is 25.5 Å². The molecular weight excluding hydrogens is 328 g/mol. The number of aromatic amines is 2. The van der Waals surface area contributed by atoms with Crippen molar-refractivity contribution in [2.75, 3.05) is 18.9 Å². The van der Waals surface area contributed by atoms with E-state index in [-0.39, 0.29) is 11.2 Å². The van der Waals surface area contributed by atoms with Gasteiger partial charge in [0.15, 0.2) is 5.82 Å². The molecule has 1 aliphatic heterocycles. The second-order valence-electron chi connectivity index (χ2n) is 5.43. The Bertz CT molecular complexity index is 697. The van der Waals surface area contributed by atoms with Gasteiger partial charge in [0, 0.05) is 36.3 Å². The summed E-state index contributed by atoms with van der Waals surface area (Å²) in [4.78, 5) is 24.3. The van der Waals surface area contributed by atoms with Crippen LogP contribution in [0, 0.1) is 0 Å². The van der Waals surface area contributed by atoms with Crippen molar-refractivity contribution in [3.63, 3.8) is 0 Å². The molecule has 2 aromatic rings. The molecule has 0 radical (unpaired) electrons. The molecule has 1 unspecified atom stereocenters. The van der Waals surface area contributed by atoms with Crippen LogP contribution in [0.2, 0.25) is 0 Å². The third-order valence-electron chi connectivity index (χ3n) is 3.61. The number of hydrogen-bond acceptors (Lipinski definition) is 7. The van der Waals surface area contributed by atoms with E-state index in [1.54, 1.807) is 24.2 Å². The molecule has 0 fully saturated rings. The van der Waals surface area contributed by atoms with Crippen LogP contribution in [-0.4, -0.2) is 61.2 Å². The zero-order valence-electron chi connectivity index (χ0n) is 13.5. The monoisotopic (exact) mass is 348 g/mol. The number of esters is 1. The number of nitrogens with zero attached hydrogens (tertiary/aromatic N) is 4. The van der Waals surface area contributed by atoms with E-state index in [0.29, 0.717) is 24.5 Å². The van der Waals surface area contributed by atoms with Gasteiger partial charge in [-0.05, 0) is 6.42 Å². The van der Waals surface area contributed by atoms with E-state index in [4.69, 9.17) is 4.74 Å². The fraction of sp³-hybridized carbons (Fsp3) is 0.533. The Morgan fingerprint density at radius 3 is 3.17 bits per heavy atom. The molecule has 24 heavy (non-hydrogen) atoms. The van der Waals surface area contributed by atoms with Crippen LogP contribution in [0.25, 0.3) is 11.5 Å². The lowest BCUT2D eigenvalue weighted by Gasteiger charge is -2.21. The number of carbonyl (C=O) groups excluding carboxylic acids is 1. The SMILES string of the molecule is CCCCOC(=O)C1SCCN=C1Cc1cnc(-c2cn[nH]n2)[nH]1. The van der Waals surface area contributed by atoms with Crippen LogP contribution >= 0.6 is 11.8 Å². The highest BCUT2D eigenvalue weighted by Crippen LogP contribution is 2.22. The zero-order chi connectivity index (χ0) is 16.8. The Morgan fingerprint density at radius 2 is 2.38 bits per heavy atom. The van der Waals surface area contributed by atoms with Gasteiger partial charge in [0.25, 0.3) is 0 Å². The third-order valence-corrected chi connectivity index (χ3v) is 4.82. The first-order valence-corrected chi connectivity index (χ1v) is 9.04. The second-order valence-corrected chi connectivity index (χ2v) is 6.65. The molecule has 0 amide bonds. The maximum absolute atomic E-state index is 12.3. The predicted octanol–water partition coefficient (Wildman–Crippen LogP) is 1.64. The van der Waals surface area contributed by atoms with Crippen LogP contribution in [-0.2, 0) is 16.0 Å². The first-order chi connectivity index (χ1) is 11.8. The normalized spacial score (nSPS) is 17.5. The average molecular weight is 348 g/mol. The van der Waals surface area contributed by atoms with Gasteiger partial charge in [0.1, 0.15) is 10.9 Å². The number of unbranched alkanes of at least 4 members (excludes halogenated alkanes) is 1. The molecule has 9 heteroatoms. The number of aliphatic imine (C=N–C) groups is 1. The highest BCUT2D eigenvalue weighted by Gasteiger charge is 2.29. The Kier molecular flexibility index (Phi) is 5.63. The number of thioether (sulfide) groups is 1. The van der Waals surface area contributed by atoms with Crippen molar-refractivity contribution in [2.24, 2.45) is 4.99 Å². The molecule has 0 spiro atoms. The van der Waals surface area contributed by atoms with Crippen LogP contribution < -0.4 is 0 Å². The van der Waals surface area contributed by atoms with E-state index in [1.165, 1.54) is 0 Å². The molecule has 3 heterocycles. The summed E-state index contributed by atoms with van der Waals surface area (Å²) in [5, 5.41) is 10.00. The molecule has 2 N–H and O–H groups in total. The number of nitrogens with one attached hydrogen (secondary N) is 2. The van der Waals surface area contributed by atoms with Crippen molar-refractivity contribution in [1.82, 2.24) is 25.4 Å². The van der Waals surface area contributed by atoms with Gasteiger partial charge < -0.3 is 9.72 Å². The molecule has 1 atom stereocenters. The Morgan fingerprint density at radius 1 is 1.46 bits per heavy atom. The lowest BCUT2D eigenvalue weighted by atomic mass is 10.1. The smallest absolute Gasteiger partial charge is 0.324 e. The zero-order valence-corrected chi connectivity index (χ0v) is 14.3. The summed E-state index contributed by atoms with van der Waals surface area (Å²) >= 11 is 1.59. The van der Waals surface area contributed by atoms with Crippen molar-refractivity contribution < 1.29 is 9.53 Å². The number of imidazole rings is 1. The highest BCUT2D eigenvalue weighted by atomic mass is 32.2. The van der Waals surface area contributed by atoms with E-state index in [2.05, 4.69) is 37.3 Å². The van der Waals surface area contributed by atoms with Crippen molar-refractivity contribution >= 4 is 23.4 Å². The highest BCUT2D eigenvalue weighted by molar-refractivity contribution is 8.01. The lowest BCUT2D eigenvalue weighted by molar-refractivity contribution is -0.141. The number of rotatable bonds is 7. The van der Waals surface area contributed by atoms with E-state index in [1.807, 2.05) is 0 Å². The van der Waals surface area contributed by atoms with Crippen LogP contribution in [0.3, 0.4) is 0 Å². The molecule has 8 nitrogen and oxygen atoms in total. The molecule has 0 aromatic carbocycles. The fourth-order valence-electron chi connectivity index (χ4n) is 2.37. The van der Waals surface area contributed by atoms with Gasteiger partial charge in [-0.2, -0.15) is 15.4 Å². The second kappa shape index (κ2) is 8.09. The van der Waals surface area contributed by atoms with Gasteiger partial charge in [-0.15, -0.1) is 11.8 Å². The van der Waals surface area contributed by atoms with Crippen molar-refractivity contribution in [1.29, 1.82) is 0 Å². The minimum atomic E-state index is -0.325. The maximum Gasteiger partial charge on any atom is 0.324 e. The molecule has 0 saturated heterocycles. The quantitative estimate of drug-likeness (QED) is 0.581. The summed E-state index contributed by atoms with van der Waals surface area (Å²) in [6, 6.07) is 0. The lowest BCUT2D eigenvalue weighted by Crippen LogP contribution is -2.34. The molecule has 3 rings (SSSR count). The van der Waals surface area contributed by atoms with Gasteiger partial charge in [-0.1, -0.05) is 13.3 Å². The number of hydrogen-bond donors (Lipinski definition) is 2. The van der Waals surface area contributed by atoms with E-state index >= 15 is 0 Å². The Balaban J connectivity index is 1.66.